The Labute approximate surface area is 61.1 Å². The summed E-state index contributed by atoms with van der Waals surface area (Å²) in [6, 6.07) is 0.318. The van der Waals surface area contributed by atoms with Gasteiger partial charge in [-0.2, -0.15) is 0 Å². The zero-order valence-corrected chi connectivity index (χ0v) is 6.30. The lowest BCUT2D eigenvalue weighted by Crippen LogP contribution is -2.36. The van der Waals surface area contributed by atoms with Gasteiger partial charge in [-0.3, -0.25) is 0 Å². The molecule has 2 N–H and O–H groups in total. The van der Waals surface area contributed by atoms with Crippen molar-refractivity contribution in [2.75, 3.05) is 7.05 Å². The van der Waals surface area contributed by atoms with Crippen molar-refractivity contribution in [1.29, 1.82) is 0 Å². The maximum Gasteiger partial charge on any atom is 0.0739 e. The van der Waals surface area contributed by atoms with Gasteiger partial charge in [0, 0.05) is 6.04 Å². The van der Waals surface area contributed by atoms with Gasteiger partial charge in [-0.25, -0.2) is 0 Å². The summed E-state index contributed by atoms with van der Waals surface area (Å²) in [6.07, 6.45) is 4.46. The lowest BCUT2D eigenvalue weighted by atomic mass is 9.94. The molecule has 1 saturated carbocycles. The molecule has 0 radical (unpaired) electrons. The molecule has 1 aliphatic rings. The predicted octanol–water partition coefficient (Wildman–Crippen LogP) is 0.979. The van der Waals surface area contributed by atoms with E-state index in [4.69, 9.17) is 5.21 Å². The number of nitrogens with one attached hydrogen (secondary N) is 1. The Hall–Kier alpha value is -0.570. The molecule has 1 unspecified atom stereocenters. The maximum absolute atomic E-state index is 8.54. The second-order valence-electron chi connectivity index (χ2n) is 2.68. The fourth-order valence-electron chi connectivity index (χ4n) is 1.43. The van der Waals surface area contributed by atoms with Crippen LogP contribution in [0.15, 0.2) is 5.16 Å². The highest BCUT2D eigenvalue weighted by atomic mass is 16.4. The van der Waals surface area contributed by atoms with Crippen LogP contribution in [-0.4, -0.2) is 24.0 Å². The summed E-state index contributed by atoms with van der Waals surface area (Å²) in [5.74, 6) is 0. The maximum atomic E-state index is 8.54. The molecule has 1 aliphatic carbocycles. The first-order chi connectivity index (χ1) is 4.88. The summed E-state index contributed by atoms with van der Waals surface area (Å²) < 4.78 is 0. The van der Waals surface area contributed by atoms with Crippen molar-refractivity contribution in [2.24, 2.45) is 5.16 Å². The van der Waals surface area contributed by atoms with Gasteiger partial charge in [-0.15, -0.1) is 0 Å². The van der Waals surface area contributed by atoms with Crippen LogP contribution in [0.5, 0.6) is 0 Å². The van der Waals surface area contributed by atoms with Crippen LogP contribution in [0.4, 0.5) is 0 Å². The SMILES string of the molecule is CNC1CCCCC1=NO. The second kappa shape index (κ2) is 3.56. The summed E-state index contributed by atoms with van der Waals surface area (Å²) in [5.41, 5.74) is 0.911. The van der Waals surface area contributed by atoms with E-state index in [9.17, 15) is 0 Å². The van der Waals surface area contributed by atoms with Crippen molar-refractivity contribution in [1.82, 2.24) is 5.32 Å². The molecule has 0 amide bonds. The van der Waals surface area contributed by atoms with Crippen molar-refractivity contribution in [2.45, 2.75) is 31.7 Å². The molecule has 58 valence electrons. The third-order valence-electron chi connectivity index (χ3n) is 2.05. The Kier molecular flexibility index (Phi) is 2.68. The molecule has 0 bridgehead atoms. The Bertz CT molecular complexity index is 134. The van der Waals surface area contributed by atoms with E-state index in [0.717, 1.165) is 25.0 Å². The Morgan fingerprint density at radius 1 is 1.60 bits per heavy atom. The van der Waals surface area contributed by atoms with Crippen molar-refractivity contribution in [3.63, 3.8) is 0 Å². The molecule has 3 nitrogen and oxygen atoms in total. The molecule has 1 rings (SSSR count). The quantitative estimate of drug-likeness (QED) is 0.423. The highest BCUT2D eigenvalue weighted by molar-refractivity contribution is 5.89. The minimum atomic E-state index is 0.318. The van der Waals surface area contributed by atoms with Crippen LogP contribution in [0, 0.1) is 0 Å². The monoisotopic (exact) mass is 142 g/mol. The highest BCUT2D eigenvalue weighted by Crippen LogP contribution is 2.14. The third kappa shape index (κ3) is 1.48. The van der Waals surface area contributed by atoms with E-state index in [1.807, 2.05) is 7.05 Å². The first-order valence-electron chi connectivity index (χ1n) is 3.76. The molecule has 0 heterocycles. The lowest BCUT2D eigenvalue weighted by Gasteiger charge is -2.21. The molecule has 10 heavy (non-hydrogen) atoms. The topological polar surface area (TPSA) is 44.6 Å². The zero-order valence-electron chi connectivity index (χ0n) is 6.30. The van der Waals surface area contributed by atoms with Crippen LogP contribution >= 0.6 is 0 Å². The summed E-state index contributed by atoms with van der Waals surface area (Å²) in [5, 5.41) is 14.9. The molecule has 0 aromatic carbocycles. The van der Waals surface area contributed by atoms with Crippen molar-refractivity contribution < 1.29 is 5.21 Å². The van der Waals surface area contributed by atoms with Crippen molar-refractivity contribution >= 4 is 5.71 Å². The van der Waals surface area contributed by atoms with Gasteiger partial charge >= 0.3 is 0 Å². The Balaban J connectivity index is 2.50. The van der Waals surface area contributed by atoms with E-state index in [0.29, 0.717) is 6.04 Å². The van der Waals surface area contributed by atoms with Crippen LogP contribution in [0.3, 0.4) is 0 Å². The van der Waals surface area contributed by atoms with Gasteiger partial charge in [0.1, 0.15) is 0 Å². The highest BCUT2D eigenvalue weighted by Gasteiger charge is 2.18. The molecule has 1 atom stereocenters. The molecule has 0 aliphatic heterocycles. The van der Waals surface area contributed by atoms with Crippen LogP contribution < -0.4 is 5.32 Å². The minimum absolute atomic E-state index is 0.318. The van der Waals surface area contributed by atoms with Gasteiger partial charge in [0.05, 0.1) is 5.71 Å². The average Bonchev–Trinajstić information content (AvgIpc) is 2.04. The van der Waals surface area contributed by atoms with E-state index in [1.165, 1.54) is 6.42 Å². The summed E-state index contributed by atoms with van der Waals surface area (Å²) in [7, 11) is 1.90. The van der Waals surface area contributed by atoms with Gasteiger partial charge in [-0.05, 0) is 26.3 Å². The number of hydrogen-bond acceptors (Lipinski definition) is 3. The second-order valence-corrected chi connectivity index (χ2v) is 2.68. The van der Waals surface area contributed by atoms with E-state index in [-0.39, 0.29) is 0 Å². The summed E-state index contributed by atoms with van der Waals surface area (Å²) in [4.78, 5) is 0. The van der Waals surface area contributed by atoms with E-state index in [2.05, 4.69) is 10.5 Å². The third-order valence-corrected chi connectivity index (χ3v) is 2.05. The molecule has 0 saturated heterocycles. The van der Waals surface area contributed by atoms with Gasteiger partial charge in [0.15, 0.2) is 0 Å². The van der Waals surface area contributed by atoms with Crippen LogP contribution in [0.1, 0.15) is 25.7 Å². The number of rotatable bonds is 1. The van der Waals surface area contributed by atoms with E-state index >= 15 is 0 Å². The summed E-state index contributed by atoms with van der Waals surface area (Å²) >= 11 is 0. The van der Waals surface area contributed by atoms with Gasteiger partial charge < -0.3 is 10.5 Å². The standard InChI is InChI=1S/C7H14N2O/c1-8-6-4-2-3-5-7(6)9-10/h6,8,10H,2-5H2,1H3. The van der Waals surface area contributed by atoms with Crippen LogP contribution in [-0.2, 0) is 0 Å². The zero-order chi connectivity index (χ0) is 7.40. The number of oxime groups is 1. The predicted molar refractivity (Wildman–Crippen MR) is 40.5 cm³/mol. The molecular formula is C7H14N2O. The lowest BCUT2D eigenvalue weighted by molar-refractivity contribution is 0.311. The first kappa shape index (κ1) is 7.54. The number of nitrogens with zero attached hydrogens (tertiary/aromatic N) is 1. The largest absolute Gasteiger partial charge is 0.411 e. The summed E-state index contributed by atoms with van der Waals surface area (Å²) in [6.45, 7) is 0. The molecule has 0 spiro atoms. The molecule has 3 heteroatoms. The van der Waals surface area contributed by atoms with E-state index in [1.54, 1.807) is 0 Å². The molecule has 1 fully saturated rings. The fourth-order valence-corrected chi connectivity index (χ4v) is 1.43. The number of hydrogen-bond donors (Lipinski definition) is 2. The smallest absolute Gasteiger partial charge is 0.0739 e. The molecule has 0 aromatic heterocycles. The Morgan fingerprint density at radius 2 is 2.40 bits per heavy atom. The fraction of sp³-hybridized carbons (Fsp3) is 0.857. The minimum Gasteiger partial charge on any atom is -0.411 e. The first-order valence-corrected chi connectivity index (χ1v) is 3.76. The van der Waals surface area contributed by atoms with Gasteiger partial charge in [-0.1, -0.05) is 11.6 Å². The van der Waals surface area contributed by atoms with Gasteiger partial charge in [0.2, 0.25) is 0 Å². The Morgan fingerprint density at radius 3 is 2.90 bits per heavy atom. The van der Waals surface area contributed by atoms with Crippen molar-refractivity contribution in [3.05, 3.63) is 0 Å². The van der Waals surface area contributed by atoms with Crippen LogP contribution in [0.25, 0.3) is 0 Å². The van der Waals surface area contributed by atoms with Crippen molar-refractivity contribution in [3.8, 4) is 0 Å². The van der Waals surface area contributed by atoms with Gasteiger partial charge in [0.25, 0.3) is 0 Å². The van der Waals surface area contributed by atoms with E-state index < -0.39 is 0 Å². The average molecular weight is 142 g/mol. The van der Waals surface area contributed by atoms with Crippen LogP contribution in [0.2, 0.25) is 0 Å². The molecule has 0 aromatic rings. The molecular weight excluding hydrogens is 128 g/mol. The normalized spacial score (nSPS) is 30.9.